The van der Waals surface area contributed by atoms with Gasteiger partial charge in [0.2, 0.25) is 0 Å². The summed E-state index contributed by atoms with van der Waals surface area (Å²) in [5.74, 6) is 0.784. The number of aromatic nitrogens is 2. The van der Waals surface area contributed by atoms with E-state index in [1.165, 1.54) is 27.5 Å². The molecule has 5 nitrogen and oxygen atoms in total. The smallest absolute Gasteiger partial charge is 0.191 e. The highest BCUT2D eigenvalue weighted by atomic mass is 127. The summed E-state index contributed by atoms with van der Waals surface area (Å²) >= 11 is 0. The van der Waals surface area contributed by atoms with Gasteiger partial charge in [0.25, 0.3) is 0 Å². The molecule has 6 heteroatoms. The first-order valence-corrected chi connectivity index (χ1v) is 9.79. The molecule has 0 aliphatic rings. The van der Waals surface area contributed by atoms with Crippen molar-refractivity contribution in [2.24, 2.45) is 4.99 Å². The molecule has 0 unspecified atom stereocenters. The highest BCUT2D eigenvalue weighted by Crippen LogP contribution is 2.18. The van der Waals surface area contributed by atoms with E-state index in [0.29, 0.717) is 6.54 Å². The molecule has 0 amide bonds. The van der Waals surface area contributed by atoms with Crippen LogP contribution in [0.2, 0.25) is 0 Å². The van der Waals surface area contributed by atoms with Crippen LogP contribution in [0.4, 0.5) is 0 Å². The second-order valence-electron chi connectivity index (χ2n) is 6.89. The van der Waals surface area contributed by atoms with Crippen LogP contribution in [0.5, 0.6) is 0 Å². The molecule has 1 heterocycles. The molecule has 2 N–H and O–H groups in total. The summed E-state index contributed by atoms with van der Waals surface area (Å²) in [6.07, 6.45) is 3.79. The van der Waals surface area contributed by atoms with E-state index < -0.39 is 0 Å². The molecule has 0 aliphatic carbocycles. The molecule has 0 bridgehead atoms. The predicted molar refractivity (Wildman–Crippen MR) is 134 cm³/mol. The molecule has 0 fully saturated rings. The van der Waals surface area contributed by atoms with E-state index in [9.17, 15) is 0 Å². The van der Waals surface area contributed by atoms with Crippen LogP contribution in [-0.2, 0) is 19.6 Å². The summed E-state index contributed by atoms with van der Waals surface area (Å²) in [6, 6.07) is 25.2. The molecule has 4 aromatic rings. The average molecular weight is 511 g/mol. The minimum Gasteiger partial charge on any atom is -0.352 e. The first-order valence-electron chi connectivity index (χ1n) is 9.79. The van der Waals surface area contributed by atoms with Gasteiger partial charge in [-0.15, -0.1) is 24.0 Å². The average Bonchev–Trinajstić information content (AvgIpc) is 3.28. The number of rotatable bonds is 6. The maximum absolute atomic E-state index is 4.38. The van der Waals surface area contributed by atoms with E-state index in [1.807, 2.05) is 16.9 Å². The Hall–Kier alpha value is -2.87. The van der Waals surface area contributed by atoms with Crippen molar-refractivity contribution < 1.29 is 0 Å². The number of aliphatic imine (C=N–C) groups is 1. The Morgan fingerprint density at radius 1 is 0.833 bits per heavy atom. The number of benzene rings is 3. The SMILES string of the molecule is CN=C(NCc1ccccc1Cn1cccn1)NCc1cccc2ccccc12.I. The van der Waals surface area contributed by atoms with Gasteiger partial charge in [-0.3, -0.25) is 9.67 Å². The Balaban J connectivity index is 0.00000256. The molecule has 0 saturated carbocycles. The van der Waals surface area contributed by atoms with Gasteiger partial charge in [-0.2, -0.15) is 5.10 Å². The first-order chi connectivity index (χ1) is 14.3. The Kier molecular flexibility index (Phi) is 7.84. The highest BCUT2D eigenvalue weighted by Gasteiger charge is 2.06. The molecule has 0 atom stereocenters. The van der Waals surface area contributed by atoms with Gasteiger partial charge in [0.15, 0.2) is 5.96 Å². The maximum atomic E-state index is 4.38. The van der Waals surface area contributed by atoms with E-state index in [4.69, 9.17) is 0 Å². The summed E-state index contributed by atoms with van der Waals surface area (Å²) in [4.78, 5) is 4.38. The van der Waals surface area contributed by atoms with Gasteiger partial charge >= 0.3 is 0 Å². The molecule has 0 spiro atoms. The number of halogens is 1. The van der Waals surface area contributed by atoms with Crippen molar-refractivity contribution in [3.05, 3.63) is 102 Å². The van der Waals surface area contributed by atoms with Crippen LogP contribution in [0.1, 0.15) is 16.7 Å². The van der Waals surface area contributed by atoms with Crippen LogP contribution < -0.4 is 10.6 Å². The quantitative estimate of drug-likeness (QED) is 0.227. The van der Waals surface area contributed by atoms with Crippen molar-refractivity contribution in [1.82, 2.24) is 20.4 Å². The van der Waals surface area contributed by atoms with Crippen LogP contribution in [0.3, 0.4) is 0 Å². The highest BCUT2D eigenvalue weighted by molar-refractivity contribution is 14.0. The molecule has 0 radical (unpaired) electrons. The lowest BCUT2D eigenvalue weighted by Gasteiger charge is -2.15. The number of hydrogen-bond acceptors (Lipinski definition) is 2. The van der Waals surface area contributed by atoms with E-state index in [1.54, 1.807) is 13.2 Å². The zero-order chi connectivity index (χ0) is 19.9. The van der Waals surface area contributed by atoms with Gasteiger partial charge in [-0.05, 0) is 33.5 Å². The van der Waals surface area contributed by atoms with Gasteiger partial charge < -0.3 is 10.6 Å². The zero-order valence-corrected chi connectivity index (χ0v) is 19.3. The minimum absolute atomic E-state index is 0. The summed E-state index contributed by atoms with van der Waals surface area (Å²) in [6.45, 7) is 2.18. The van der Waals surface area contributed by atoms with Crippen LogP contribution in [-0.4, -0.2) is 22.8 Å². The molecular formula is C24H26IN5. The topological polar surface area (TPSA) is 54.2 Å². The first kappa shape index (κ1) is 21.8. The van der Waals surface area contributed by atoms with Gasteiger partial charge in [-0.1, -0.05) is 66.7 Å². The Bertz CT molecular complexity index is 1100. The maximum Gasteiger partial charge on any atom is 0.191 e. The molecule has 3 aromatic carbocycles. The van der Waals surface area contributed by atoms with Crippen molar-refractivity contribution in [3.8, 4) is 0 Å². The largest absolute Gasteiger partial charge is 0.352 e. The Labute approximate surface area is 194 Å². The van der Waals surface area contributed by atoms with Crippen molar-refractivity contribution in [2.45, 2.75) is 19.6 Å². The Morgan fingerprint density at radius 2 is 1.50 bits per heavy atom. The third-order valence-electron chi connectivity index (χ3n) is 5.01. The monoisotopic (exact) mass is 511 g/mol. The van der Waals surface area contributed by atoms with Crippen LogP contribution in [0.15, 0.2) is 90.2 Å². The number of hydrogen-bond donors (Lipinski definition) is 2. The predicted octanol–water partition coefficient (Wildman–Crippen LogP) is 4.57. The zero-order valence-electron chi connectivity index (χ0n) is 17.0. The molecular weight excluding hydrogens is 485 g/mol. The summed E-state index contributed by atoms with van der Waals surface area (Å²) in [5, 5.41) is 13.7. The van der Waals surface area contributed by atoms with Crippen molar-refractivity contribution in [2.75, 3.05) is 7.05 Å². The summed E-state index contributed by atoms with van der Waals surface area (Å²) in [7, 11) is 1.80. The van der Waals surface area contributed by atoms with Gasteiger partial charge in [0, 0.05) is 32.5 Å². The van der Waals surface area contributed by atoms with Crippen LogP contribution in [0.25, 0.3) is 10.8 Å². The number of nitrogens with zero attached hydrogens (tertiary/aromatic N) is 3. The van der Waals surface area contributed by atoms with Crippen molar-refractivity contribution >= 4 is 40.7 Å². The van der Waals surface area contributed by atoms with Gasteiger partial charge in [0.1, 0.15) is 0 Å². The standard InChI is InChI=1S/C24H25N5.HI/c1-25-24(27-17-21-12-6-11-19-8-4-5-13-23(19)21)26-16-20-9-2-3-10-22(20)18-29-15-7-14-28-29;/h2-15H,16-18H2,1H3,(H2,25,26,27);1H. The lowest BCUT2D eigenvalue weighted by molar-refractivity contribution is 0.677. The number of nitrogens with one attached hydrogen (secondary N) is 2. The van der Waals surface area contributed by atoms with E-state index in [2.05, 4.69) is 87.5 Å². The second kappa shape index (κ2) is 10.8. The fourth-order valence-corrected chi connectivity index (χ4v) is 3.48. The lowest BCUT2D eigenvalue weighted by atomic mass is 10.0. The van der Waals surface area contributed by atoms with Crippen molar-refractivity contribution in [1.29, 1.82) is 0 Å². The summed E-state index contributed by atoms with van der Waals surface area (Å²) in [5.41, 5.74) is 3.73. The van der Waals surface area contributed by atoms with E-state index in [-0.39, 0.29) is 24.0 Å². The Morgan fingerprint density at radius 3 is 2.27 bits per heavy atom. The van der Waals surface area contributed by atoms with Gasteiger partial charge in [0.05, 0.1) is 6.54 Å². The lowest BCUT2D eigenvalue weighted by Crippen LogP contribution is -2.36. The van der Waals surface area contributed by atoms with Crippen LogP contribution in [0, 0.1) is 0 Å². The minimum atomic E-state index is 0. The molecule has 154 valence electrons. The molecule has 0 saturated heterocycles. The third kappa shape index (κ3) is 5.38. The summed E-state index contributed by atoms with van der Waals surface area (Å²) < 4.78 is 1.94. The molecule has 1 aromatic heterocycles. The van der Waals surface area contributed by atoms with E-state index in [0.717, 1.165) is 19.0 Å². The van der Waals surface area contributed by atoms with E-state index >= 15 is 0 Å². The third-order valence-corrected chi connectivity index (χ3v) is 5.01. The fraction of sp³-hybridized carbons (Fsp3) is 0.167. The normalized spacial score (nSPS) is 11.2. The molecule has 30 heavy (non-hydrogen) atoms. The molecule has 4 rings (SSSR count). The number of fused-ring (bicyclic) bond motifs is 1. The molecule has 0 aliphatic heterocycles. The fourth-order valence-electron chi connectivity index (χ4n) is 3.48. The number of guanidine groups is 1. The van der Waals surface area contributed by atoms with Crippen molar-refractivity contribution in [3.63, 3.8) is 0 Å². The van der Waals surface area contributed by atoms with Crippen LogP contribution >= 0.6 is 24.0 Å². The van der Waals surface area contributed by atoms with Gasteiger partial charge in [-0.25, -0.2) is 0 Å². The second-order valence-corrected chi connectivity index (χ2v) is 6.89.